The molecule has 0 bridgehead atoms. The summed E-state index contributed by atoms with van der Waals surface area (Å²) in [5.41, 5.74) is 0.857. The van der Waals surface area contributed by atoms with E-state index in [0.29, 0.717) is 41.6 Å². The van der Waals surface area contributed by atoms with Crippen LogP contribution in [0.2, 0.25) is 0 Å². The molecule has 0 saturated carbocycles. The maximum absolute atomic E-state index is 13.8. The number of aromatic amines is 1. The number of rotatable bonds is 14. The van der Waals surface area contributed by atoms with E-state index in [-0.39, 0.29) is 24.8 Å². The second-order valence-electron chi connectivity index (χ2n) is 10.3. The first kappa shape index (κ1) is 31.4. The third-order valence-corrected chi connectivity index (χ3v) is 7.65. The molecule has 4 aromatic rings. The van der Waals surface area contributed by atoms with Gasteiger partial charge in [0.25, 0.3) is 0 Å². The van der Waals surface area contributed by atoms with E-state index in [1.807, 2.05) is 18.2 Å². The predicted octanol–water partition coefficient (Wildman–Crippen LogP) is 4.29. The summed E-state index contributed by atoms with van der Waals surface area (Å²) in [5, 5.41) is 13.1. The quantitative estimate of drug-likeness (QED) is 0.0992. The molecule has 0 radical (unpaired) electrons. The van der Waals surface area contributed by atoms with Crippen molar-refractivity contribution in [3.05, 3.63) is 66.1 Å². The summed E-state index contributed by atoms with van der Waals surface area (Å²) >= 11 is 0. The number of hydrogen-bond donors (Lipinski definition) is 5. The van der Waals surface area contributed by atoms with Crippen LogP contribution >= 0.6 is 7.82 Å². The average molecular weight is 632 g/mol. The monoisotopic (exact) mass is 631 g/mol. The van der Waals surface area contributed by atoms with Gasteiger partial charge in [0.1, 0.15) is 17.9 Å². The molecule has 1 atom stereocenters. The maximum atomic E-state index is 13.8. The van der Waals surface area contributed by atoms with E-state index in [9.17, 15) is 18.1 Å². The molecular weight excluding hydrogens is 599 g/mol. The van der Waals surface area contributed by atoms with E-state index in [2.05, 4.69) is 40.2 Å². The topological polar surface area (TPSA) is 175 Å². The fourth-order valence-electron chi connectivity index (χ4n) is 5.11. The lowest BCUT2D eigenvalue weighted by Crippen LogP contribution is -2.32. The number of likely N-dealkylation sites (tertiary alicyclic amines) is 1. The number of nitrogens with zero attached hydrogens (tertiary/aromatic N) is 4. The van der Waals surface area contributed by atoms with E-state index in [1.165, 1.54) is 18.5 Å². The zero-order chi connectivity index (χ0) is 31.1. The van der Waals surface area contributed by atoms with E-state index < -0.39 is 25.4 Å². The zero-order valence-electron chi connectivity index (χ0n) is 23.6. The Balaban J connectivity index is 1.11. The van der Waals surface area contributed by atoms with Crippen LogP contribution in [0, 0.1) is 11.6 Å². The number of halogens is 2. The van der Waals surface area contributed by atoms with Gasteiger partial charge in [-0.3, -0.25) is 14.4 Å². The van der Waals surface area contributed by atoms with Crippen LogP contribution in [0.25, 0.3) is 10.9 Å². The number of carbonyl (C=O) groups is 1. The fourth-order valence-corrected chi connectivity index (χ4v) is 5.46. The second-order valence-corrected chi connectivity index (χ2v) is 11.5. The Morgan fingerprint density at radius 2 is 2.02 bits per heavy atom. The Kier molecular flexibility index (Phi) is 10.1. The highest BCUT2D eigenvalue weighted by molar-refractivity contribution is 7.46. The molecule has 5 rings (SSSR count). The van der Waals surface area contributed by atoms with Gasteiger partial charge < -0.3 is 30.1 Å². The second kappa shape index (κ2) is 14.2. The molecule has 1 fully saturated rings. The number of amides is 1. The highest BCUT2D eigenvalue weighted by Gasteiger charge is 2.25. The molecular formula is C28H32F2N7O6P. The first-order chi connectivity index (χ1) is 21.1. The SMILES string of the molecule is O=C(Cc1cc(Nc2ncnc3cc(OCCCN4CCCC4CCOP(=O)(O)O)ccc23)n[nH]1)Nc1cccc(F)c1F. The largest absolute Gasteiger partial charge is 0.493 e. The number of carbonyl (C=O) groups excluding carboxylic acids is 1. The van der Waals surface area contributed by atoms with Gasteiger partial charge in [-0.25, -0.2) is 23.3 Å². The maximum Gasteiger partial charge on any atom is 0.469 e. The number of phosphoric acid groups is 1. The summed E-state index contributed by atoms with van der Waals surface area (Å²) in [6.45, 7) is 2.25. The van der Waals surface area contributed by atoms with Crippen LogP contribution in [0.1, 0.15) is 31.4 Å². The summed E-state index contributed by atoms with van der Waals surface area (Å²) in [5.74, 6) is -1.17. The number of aromatic nitrogens is 4. The first-order valence-electron chi connectivity index (χ1n) is 14.0. The van der Waals surface area contributed by atoms with Crippen molar-refractivity contribution in [1.29, 1.82) is 0 Å². The highest BCUT2D eigenvalue weighted by atomic mass is 31.2. The van der Waals surface area contributed by atoms with Crippen molar-refractivity contribution in [3.63, 3.8) is 0 Å². The number of benzene rings is 2. The van der Waals surface area contributed by atoms with Crippen LogP contribution < -0.4 is 15.4 Å². The van der Waals surface area contributed by atoms with Crippen molar-refractivity contribution in [3.8, 4) is 5.75 Å². The van der Waals surface area contributed by atoms with Gasteiger partial charge >= 0.3 is 7.82 Å². The Morgan fingerprint density at radius 3 is 2.86 bits per heavy atom. The van der Waals surface area contributed by atoms with Gasteiger partial charge in [-0.1, -0.05) is 6.07 Å². The molecule has 1 aliphatic rings. The van der Waals surface area contributed by atoms with Crippen LogP contribution in [0.5, 0.6) is 5.75 Å². The summed E-state index contributed by atoms with van der Waals surface area (Å²) in [6.07, 6.45) is 4.63. The van der Waals surface area contributed by atoms with E-state index in [1.54, 1.807) is 6.07 Å². The first-order valence-corrected chi connectivity index (χ1v) is 15.5. The molecule has 3 heterocycles. The highest BCUT2D eigenvalue weighted by Crippen LogP contribution is 2.36. The number of H-pyrrole nitrogens is 1. The lowest BCUT2D eigenvalue weighted by Gasteiger charge is -2.24. The van der Waals surface area contributed by atoms with Crippen LogP contribution in [0.15, 0.2) is 48.8 Å². The number of hydrogen-bond acceptors (Lipinski definition) is 9. The third-order valence-electron chi connectivity index (χ3n) is 7.13. The molecule has 44 heavy (non-hydrogen) atoms. The molecule has 2 aromatic heterocycles. The predicted molar refractivity (Wildman–Crippen MR) is 157 cm³/mol. The van der Waals surface area contributed by atoms with Crippen LogP contribution in [-0.2, 0) is 20.3 Å². The minimum atomic E-state index is -4.45. The molecule has 1 saturated heterocycles. The number of nitrogens with one attached hydrogen (secondary N) is 3. The van der Waals surface area contributed by atoms with Gasteiger partial charge in [0.05, 0.1) is 30.8 Å². The summed E-state index contributed by atoms with van der Waals surface area (Å²) < 4.78 is 48.7. The number of ether oxygens (including phenoxy) is 1. The minimum Gasteiger partial charge on any atom is -0.493 e. The van der Waals surface area contributed by atoms with E-state index in [4.69, 9.17) is 14.5 Å². The molecule has 13 nitrogen and oxygen atoms in total. The Labute approximate surface area is 251 Å². The van der Waals surface area contributed by atoms with Gasteiger partial charge in [0.15, 0.2) is 17.5 Å². The van der Waals surface area contributed by atoms with Crippen molar-refractivity contribution in [2.45, 2.75) is 38.1 Å². The zero-order valence-corrected chi connectivity index (χ0v) is 24.5. The lowest BCUT2D eigenvalue weighted by atomic mass is 10.1. The van der Waals surface area contributed by atoms with Crippen molar-refractivity contribution in [1.82, 2.24) is 25.1 Å². The third kappa shape index (κ3) is 8.55. The standard InChI is InChI=1S/C28H32F2N7O6P/c29-22-5-1-6-23(27(22)30)33-26(38)15-18-14-25(36-35-18)34-28-21-8-7-20(16-24(21)31-17-32-28)42-12-3-11-37-10-2-4-19(37)9-13-43-44(39,40)41/h1,5-8,14,16-17,19H,2-4,9-13,15H2,(H,33,38)(H2,39,40,41)(H2,31,32,34,35,36). The fraction of sp³-hybridized carbons (Fsp3) is 0.357. The molecule has 0 spiro atoms. The molecule has 2 aromatic carbocycles. The number of phosphoric ester groups is 1. The van der Waals surface area contributed by atoms with Crippen molar-refractivity contribution >= 4 is 42.0 Å². The molecule has 1 unspecified atom stereocenters. The smallest absolute Gasteiger partial charge is 0.469 e. The van der Waals surface area contributed by atoms with Gasteiger partial charge in [-0.15, -0.1) is 0 Å². The lowest BCUT2D eigenvalue weighted by molar-refractivity contribution is -0.115. The number of anilines is 3. The summed E-state index contributed by atoms with van der Waals surface area (Å²) in [4.78, 5) is 41.0. The van der Waals surface area contributed by atoms with E-state index >= 15 is 0 Å². The molecule has 5 N–H and O–H groups in total. The van der Waals surface area contributed by atoms with Crippen molar-refractivity contribution in [2.24, 2.45) is 0 Å². The Morgan fingerprint density at radius 1 is 1.16 bits per heavy atom. The van der Waals surface area contributed by atoms with Crippen LogP contribution in [-0.4, -0.2) is 73.1 Å². The van der Waals surface area contributed by atoms with Crippen molar-refractivity contribution in [2.75, 3.05) is 36.9 Å². The normalized spacial score (nSPS) is 15.5. The van der Waals surface area contributed by atoms with E-state index in [0.717, 1.165) is 43.8 Å². The van der Waals surface area contributed by atoms with Gasteiger partial charge in [0, 0.05) is 35.8 Å². The van der Waals surface area contributed by atoms with Crippen LogP contribution in [0.3, 0.4) is 0 Å². The molecule has 1 amide bonds. The molecule has 1 aliphatic heterocycles. The van der Waals surface area contributed by atoms with Crippen LogP contribution in [0.4, 0.5) is 26.1 Å². The minimum absolute atomic E-state index is 0.0243. The molecule has 16 heteroatoms. The number of fused-ring (bicyclic) bond motifs is 1. The molecule has 234 valence electrons. The van der Waals surface area contributed by atoms with Gasteiger partial charge in [0.2, 0.25) is 5.91 Å². The van der Waals surface area contributed by atoms with Gasteiger partial charge in [-0.2, -0.15) is 5.10 Å². The van der Waals surface area contributed by atoms with Gasteiger partial charge in [-0.05, 0) is 56.5 Å². The summed E-state index contributed by atoms with van der Waals surface area (Å²) in [7, 11) is -4.45. The average Bonchev–Trinajstić information content (AvgIpc) is 3.62. The van der Waals surface area contributed by atoms with Crippen molar-refractivity contribution < 1.29 is 37.2 Å². The Hall–Kier alpha value is -4.01. The molecule has 0 aliphatic carbocycles. The summed E-state index contributed by atoms with van der Waals surface area (Å²) in [6, 6.07) is 10.9. The Bertz CT molecular complexity index is 1650.